The third kappa shape index (κ3) is 4.54. The highest BCUT2D eigenvalue weighted by Crippen LogP contribution is 2.37. The summed E-state index contributed by atoms with van der Waals surface area (Å²) in [5, 5.41) is 6.48. The minimum absolute atomic E-state index is 0.00207. The molecule has 2 aromatic carbocycles. The zero-order chi connectivity index (χ0) is 20.2. The molecule has 5 nitrogen and oxygen atoms in total. The van der Waals surface area contributed by atoms with Gasteiger partial charge in [-0.05, 0) is 43.9 Å². The van der Waals surface area contributed by atoms with Gasteiger partial charge in [0.15, 0.2) is 5.13 Å². The lowest BCUT2D eigenvalue weighted by molar-refractivity contribution is -0.123. The fourth-order valence-electron chi connectivity index (χ4n) is 3.50. The van der Waals surface area contributed by atoms with E-state index in [1.54, 1.807) is 12.1 Å². The van der Waals surface area contributed by atoms with Gasteiger partial charge in [-0.1, -0.05) is 48.0 Å². The van der Waals surface area contributed by atoms with Crippen molar-refractivity contribution >= 4 is 28.3 Å². The summed E-state index contributed by atoms with van der Waals surface area (Å²) < 4.78 is 0. The molecule has 4 rings (SSSR count). The first kappa shape index (κ1) is 19.3. The molecular weight excluding hydrogens is 382 g/mol. The second kappa shape index (κ2) is 8.57. The Hall–Kier alpha value is -2.99. The molecule has 1 aromatic heterocycles. The molecule has 1 heterocycles. The number of hydrogen-bond acceptors (Lipinski definition) is 4. The summed E-state index contributed by atoms with van der Waals surface area (Å²) in [6.45, 7) is 2.55. The first-order valence-electron chi connectivity index (χ1n) is 9.79. The number of aromatic nitrogens is 1. The quantitative estimate of drug-likeness (QED) is 0.659. The van der Waals surface area contributed by atoms with Gasteiger partial charge in [-0.3, -0.25) is 14.9 Å². The molecule has 1 aliphatic rings. The highest BCUT2D eigenvalue weighted by atomic mass is 32.1. The number of nitrogens with zero attached hydrogens (tertiary/aromatic N) is 1. The highest BCUT2D eigenvalue weighted by molar-refractivity contribution is 7.16. The number of anilines is 1. The average molecular weight is 406 g/mol. The van der Waals surface area contributed by atoms with Crippen LogP contribution in [0.1, 0.15) is 50.8 Å². The van der Waals surface area contributed by atoms with Gasteiger partial charge >= 0.3 is 0 Å². The number of rotatable bonds is 5. The number of carbonyl (C=O) groups excluding carboxylic acids is 2. The molecule has 0 radical (unpaired) electrons. The first-order chi connectivity index (χ1) is 14.1. The van der Waals surface area contributed by atoms with Crippen molar-refractivity contribution in [2.24, 2.45) is 0 Å². The van der Waals surface area contributed by atoms with E-state index in [4.69, 9.17) is 0 Å². The molecular formula is C23H23N3O2S. The second-order valence-electron chi connectivity index (χ2n) is 7.30. The van der Waals surface area contributed by atoms with Crippen LogP contribution < -0.4 is 10.6 Å². The molecule has 0 bridgehead atoms. The van der Waals surface area contributed by atoms with Crippen molar-refractivity contribution in [3.05, 3.63) is 81.9 Å². The van der Waals surface area contributed by atoms with Crippen LogP contribution >= 0.6 is 11.3 Å². The van der Waals surface area contributed by atoms with E-state index in [1.165, 1.54) is 16.9 Å². The number of aryl methyl sites for hydroxylation is 2. The molecule has 2 amide bonds. The van der Waals surface area contributed by atoms with E-state index in [0.717, 1.165) is 35.4 Å². The number of nitrogens with one attached hydrogen (secondary N) is 2. The van der Waals surface area contributed by atoms with E-state index in [2.05, 4.69) is 15.6 Å². The van der Waals surface area contributed by atoms with Crippen molar-refractivity contribution in [3.8, 4) is 0 Å². The van der Waals surface area contributed by atoms with Gasteiger partial charge in [-0.25, -0.2) is 4.98 Å². The Morgan fingerprint density at radius 1 is 1.10 bits per heavy atom. The van der Waals surface area contributed by atoms with Crippen LogP contribution in [0.2, 0.25) is 0 Å². The lowest BCUT2D eigenvalue weighted by Gasteiger charge is -2.20. The smallest absolute Gasteiger partial charge is 0.257 e. The number of amides is 2. The Kier molecular flexibility index (Phi) is 5.71. The Labute approximate surface area is 174 Å². The predicted molar refractivity (Wildman–Crippen MR) is 115 cm³/mol. The van der Waals surface area contributed by atoms with Gasteiger partial charge in [0.2, 0.25) is 5.91 Å². The van der Waals surface area contributed by atoms with Gasteiger partial charge in [-0.15, -0.1) is 11.3 Å². The van der Waals surface area contributed by atoms with E-state index in [1.807, 2.05) is 49.4 Å². The van der Waals surface area contributed by atoms with Crippen LogP contribution in [0.15, 0.2) is 54.6 Å². The molecule has 1 atom stereocenters. The lowest BCUT2D eigenvalue weighted by Crippen LogP contribution is -2.31. The Morgan fingerprint density at radius 2 is 1.86 bits per heavy atom. The fourth-order valence-corrected chi connectivity index (χ4v) is 4.56. The molecule has 0 saturated carbocycles. The van der Waals surface area contributed by atoms with Gasteiger partial charge in [0.05, 0.1) is 11.6 Å². The fraction of sp³-hybridized carbons (Fsp3) is 0.261. The maximum atomic E-state index is 12.8. The van der Waals surface area contributed by atoms with Crippen LogP contribution in [-0.2, 0) is 17.8 Å². The minimum Gasteiger partial charge on any atom is -0.351 e. The Balaban J connectivity index is 1.44. The van der Waals surface area contributed by atoms with Crippen molar-refractivity contribution in [2.75, 3.05) is 5.32 Å². The summed E-state index contributed by atoms with van der Waals surface area (Å²) in [6.07, 6.45) is 2.63. The molecule has 0 aliphatic heterocycles. The third-order valence-corrected chi connectivity index (χ3v) is 6.16. The molecule has 2 N–H and O–H groups in total. The summed E-state index contributed by atoms with van der Waals surface area (Å²) in [5.74, 6) is -0.447. The van der Waals surface area contributed by atoms with Gasteiger partial charge in [0, 0.05) is 17.0 Å². The molecule has 0 fully saturated rings. The monoisotopic (exact) mass is 405 g/mol. The van der Waals surface area contributed by atoms with Gasteiger partial charge in [0.25, 0.3) is 5.91 Å². The maximum Gasteiger partial charge on any atom is 0.257 e. The van der Waals surface area contributed by atoms with Crippen LogP contribution in [0.25, 0.3) is 0 Å². The van der Waals surface area contributed by atoms with Crippen molar-refractivity contribution < 1.29 is 9.59 Å². The zero-order valence-corrected chi connectivity index (χ0v) is 17.1. The van der Waals surface area contributed by atoms with Crippen LogP contribution in [0.4, 0.5) is 5.13 Å². The maximum absolute atomic E-state index is 12.8. The number of carbonyl (C=O) groups is 2. The molecule has 1 aliphatic carbocycles. The van der Waals surface area contributed by atoms with Crippen molar-refractivity contribution in [1.29, 1.82) is 0 Å². The average Bonchev–Trinajstić information content (AvgIpc) is 3.16. The number of benzene rings is 2. The van der Waals surface area contributed by atoms with E-state index in [0.29, 0.717) is 17.2 Å². The summed E-state index contributed by atoms with van der Waals surface area (Å²) in [4.78, 5) is 30.9. The molecule has 3 aromatic rings. The van der Waals surface area contributed by atoms with Gasteiger partial charge in [0.1, 0.15) is 0 Å². The highest BCUT2D eigenvalue weighted by Gasteiger charge is 2.30. The SMILES string of the molecule is Cc1ccc(CNC(=O)C2CCCc3sc(NC(=O)c4ccccc4)nc32)cc1. The molecule has 148 valence electrons. The third-order valence-electron chi connectivity index (χ3n) is 5.11. The zero-order valence-electron chi connectivity index (χ0n) is 16.3. The minimum atomic E-state index is -0.261. The van der Waals surface area contributed by atoms with Crippen LogP contribution in [0, 0.1) is 6.92 Å². The molecule has 0 spiro atoms. The molecule has 6 heteroatoms. The van der Waals surface area contributed by atoms with Gasteiger partial charge in [-0.2, -0.15) is 0 Å². The normalized spacial score (nSPS) is 15.4. The second-order valence-corrected chi connectivity index (χ2v) is 8.38. The standard InChI is InChI=1S/C23H23N3O2S/c1-15-10-12-16(13-11-15)14-24-22(28)18-8-5-9-19-20(18)25-23(29-19)26-21(27)17-6-3-2-4-7-17/h2-4,6-7,10-13,18H,5,8-9,14H2,1H3,(H,24,28)(H,25,26,27). The van der Waals surface area contributed by atoms with E-state index >= 15 is 0 Å². The Bertz CT molecular complexity index is 1010. The van der Waals surface area contributed by atoms with Crippen LogP contribution in [-0.4, -0.2) is 16.8 Å². The number of fused-ring (bicyclic) bond motifs is 1. The van der Waals surface area contributed by atoms with Crippen molar-refractivity contribution in [3.63, 3.8) is 0 Å². The first-order valence-corrected chi connectivity index (χ1v) is 10.6. The molecule has 1 unspecified atom stereocenters. The molecule has 29 heavy (non-hydrogen) atoms. The largest absolute Gasteiger partial charge is 0.351 e. The number of thiazole rings is 1. The van der Waals surface area contributed by atoms with Crippen molar-refractivity contribution in [1.82, 2.24) is 10.3 Å². The molecule has 0 saturated heterocycles. The summed E-state index contributed by atoms with van der Waals surface area (Å²) in [7, 11) is 0. The van der Waals surface area contributed by atoms with Gasteiger partial charge < -0.3 is 5.32 Å². The van der Waals surface area contributed by atoms with E-state index in [-0.39, 0.29) is 17.7 Å². The van der Waals surface area contributed by atoms with E-state index in [9.17, 15) is 9.59 Å². The van der Waals surface area contributed by atoms with E-state index < -0.39 is 0 Å². The summed E-state index contributed by atoms with van der Waals surface area (Å²) >= 11 is 1.47. The Morgan fingerprint density at radius 3 is 2.62 bits per heavy atom. The van der Waals surface area contributed by atoms with Crippen molar-refractivity contribution in [2.45, 2.75) is 38.6 Å². The summed E-state index contributed by atoms with van der Waals surface area (Å²) in [6, 6.07) is 17.2. The topological polar surface area (TPSA) is 71.1 Å². The summed E-state index contributed by atoms with van der Waals surface area (Å²) in [5.41, 5.74) is 3.68. The van der Waals surface area contributed by atoms with Crippen LogP contribution in [0.3, 0.4) is 0 Å². The number of hydrogen-bond donors (Lipinski definition) is 2. The lowest BCUT2D eigenvalue weighted by atomic mass is 9.90. The predicted octanol–water partition coefficient (Wildman–Crippen LogP) is 4.44. The van der Waals surface area contributed by atoms with Crippen LogP contribution in [0.5, 0.6) is 0 Å².